The highest BCUT2D eigenvalue weighted by Crippen LogP contribution is 2.15. The van der Waals surface area contributed by atoms with Gasteiger partial charge in [0.15, 0.2) is 0 Å². The highest BCUT2D eigenvalue weighted by molar-refractivity contribution is 4.75. The van der Waals surface area contributed by atoms with E-state index in [1.807, 2.05) is 0 Å². The van der Waals surface area contributed by atoms with Crippen molar-refractivity contribution in [3.8, 4) is 0 Å². The van der Waals surface area contributed by atoms with E-state index in [1.54, 1.807) is 0 Å². The Morgan fingerprint density at radius 2 is 2.27 bits per heavy atom. The lowest BCUT2D eigenvalue weighted by molar-refractivity contribution is -0.00231. The molecule has 0 aromatic heterocycles. The molecule has 1 aliphatic heterocycles. The molecule has 0 spiro atoms. The molecule has 0 amide bonds. The third-order valence-electron chi connectivity index (χ3n) is 2.81. The van der Waals surface area contributed by atoms with Gasteiger partial charge in [-0.25, -0.2) is 0 Å². The minimum Gasteiger partial charge on any atom is -0.378 e. The Morgan fingerprint density at radius 3 is 2.93 bits per heavy atom. The average Bonchev–Trinajstić information content (AvgIpc) is 2.24. The highest BCUT2D eigenvalue weighted by atomic mass is 16.5. The number of hydrogen-bond acceptors (Lipinski definition) is 3. The van der Waals surface area contributed by atoms with E-state index in [2.05, 4.69) is 26.1 Å². The number of rotatable bonds is 6. The van der Waals surface area contributed by atoms with Crippen LogP contribution in [0.5, 0.6) is 0 Å². The second-order valence-corrected chi connectivity index (χ2v) is 4.50. The van der Waals surface area contributed by atoms with Gasteiger partial charge in [-0.1, -0.05) is 6.92 Å². The molecular weight excluding hydrogens is 190 g/mol. The third-order valence-corrected chi connectivity index (χ3v) is 2.81. The highest BCUT2D eigenvalue weighted by Gasteiger charge is 2.20. The van der Waals surface area contributed by atoms with Gasteiger partial charge >= 0.3 is 0 Å². The van der Waals surface area contributed by atoms with Crippen LogP contribution in [-0.4, -0.2) is 38.0 Å². The SMILES string of the molecule is CCC1CC(NCCOC(C)C)CCO1. The van der Waals surface area contributed by atoms with Gasteiger partial charge in [0.05, 0.1) is 18.8 Å². The fraction of sp³-hybridized carbons (Fsp3) is 1.00. The minimum absolute atomic E-state index is 0.338. The summed E-state index contributed by atoms with van der Waals surface area (Å²) in [6.07, 6.45) is 4.21. The molecule has 0 radical (unpaired) electrons. The van der Waals surface area contributed by atoms with Gasteiger partial charge in [0, 0.05) is 19.2 Å². The van der Waals surface area contributed by atoms with Gasteiger partial charge in [-0.2, -0.15) is 0 Å². The van der Waals surface area contributed by atoms with Crippen molar-refractivity contribution < 1.29 is 9.47 Å². The van der Waals surface area contributed by atoms with Gasteiger partial charge in [-0.3, -0.25) is 0 Å². The van der Waals surface area contributed by atoms with Crippen molar-refractivity contribution in [1.82, 2.24) is 5.32 Å². The molecule has 1 fully saturated rings. The smallest absolute Gasteiger partial charge is 0.0594 e. The molecule has 0 bridgehead atoms. The summed E-state index contributed by atoms with van der Waals surface area (Å²) in [5, 5.41) is 3.54. The average molecular weight is 215 g/mol. The molecule has 0 saturated carbocycles. The third kappa shape index (κ3) is 5.50. The van der Waals surface area contributed by atoms with Crippen molar-refractivity contribution in [3.63, 3.8) is 0 Å². The van der Waals surface area contributed by atoms with Crippen LogP contribution in [0.1, 0.15) is 40.0 Å². The first-order valence-electron chi connectivity index (χ1n) is 6.19. The Kier molecular flexibility index (Phi) is 6.22. The van der Waals surface area contributed by atoms with E-state index in [0.717, 1.165) is 39.0 Å². The van der Waals surface area contributed by atoms with Crippen LogP contribution in [0.25, 0.3) is 0 Å². The fourth-order valence-corrected chi connectivity index (χ4v) is 1.91. The summed E-state index contributed by atoms with van der Waals surface area (Å²) in [6.45, 7) is 9.00. The van der Waals surface area contributed by atoms with Crippen molar-refractivity contribution >= 4 is 0 Å². The first-order valence-corrected chi connectivity index (χ1v) is 6.19. The molecule has 15 heavy (non-hydrogen) atoms. The standard InChI is InChI=1S/C12H25NO2/c1-4-12-9-11(5-7-15-12)13-6-8-14-10(2)3/h10-13H,4-9H2,1-3H3. The summed E-state index contributed by atoms with van der Waals surface area (Å²) in [7, 11) is 0. The Hall–Kier alpha value is -0.120. The summed E-state index contributed by atoms with van der Waals surface area (Å²) in [4.78, 5) is 0. The predicted octanol–water partition coefficient (Wildman–Crippen LogP) is 1.96. The first kappa shape index (κ1) is 12.9. The molecule has 1 aliphatic rings. The molecular formula is C12H25NO2. The van der Waals surface area contributed by atoms with Crippen molar-refractivity contribution in [2.24, 2.45) is 0 Å². The van der Waals surface area contributed by atoms with Gasteiger partial charge in [0.2, 0.25) is 0 Å². The van der Waals surface area contributed by atoms with Gasteiger partial charge in [0.1, 0.15) is 0 Å². The van der Waals surface area contributed by atoms with Crippen LogP contribution < -0.4 is 5.32 Å². The minimum atomic E-state index is 0.338. The molecule has 3 nitrogen and oxygen atoms in total. The predicted molar refractivity (Wildman–Crippen MR) is 62.1 cm³/mol. The molecule has 90 valence electrons. The first-order chi connectivity index (χ1) is 7.22. The van der Waals surface area contributed by atoms with Gasteiger partial charge < -0.3 is 14.8 Å². The maximum absolute atomic E-state index is 5.63. The lowest BCUT2D eigenvalue weighted by atomic mass is 10.0. The lowest BCUT2D eigenvalue weighted by Crippen LogP contribution is -2.40. The Labute approximate surface area is 93.5 Å². The molecule has 0 aromatic rings. The van der Waals surface area contributed by atoms with Crippen LogP contribution in [0.2, 0.25) is 0 Å². The van der Waals surface area contributed by atoms with E-state index in [-0.39, 0.29) is 0 Å². The van der Waals surface area contributed by atoms with Crippen molar-refractivity contribution in [3.05, 3.63) is 0 Å². The quantitative estimate of drug-likeness (QED) is 0.687. The maximum Gasteiger partial charge on any atom is 0.0594 e. The van der Waals surface area contributed by atoms with Crippen LogP contribution in [0.4, 0.5) is 0 Å². The van der Waals surface area contributed by atoms with E-state index in [4.69, 9.17) is 9.47 Å². The largest absolute Gasteiger partial charge is 0.378 e. The molecule has 1 rings (SSSR count). The van der Waals surface area contributed by atoms with Crippen molar-refractivity contribution in [2.45, 2.75) is 58.3 Å². The Bertz CT molecular complexity index is 162. The van der Waals surface area contributed by atoms with E-state index < -0.39 is 0 Å². The zero-order valence-corrected chi connectivity index (χ0v) is 10.3. The molecule has 2 atom stereocenters. The second kappa shape index (κ2) is 7.20. The second-order valence-electron chi connectivity index (χ2n) is 4.50. The van der Waals surface area contributed by atoms with E-state index in [9.17, 15) is 0 Å². The van der Waals surface area contributed by atoms with Gasteiger partial charge in [0.25, 0.3) is 0 Å². The van der Waals surface area contributed by atoms with Gasteiger partial charge in [-0.15, -0.1) is 0 Å². The molecule has 1 heterocycles. The van der Waals surface area contributed by atoms with Crippen LogP contribution in [0, 0.1) is 0 Å². The molecule has 1 saturated heterocycles. The normalized spacial score (nSPS) is 27.2. The van der Waals surface area contributed by atoms with E-state index in [1.165, 1.54) is 0 Å². The zero-order chi connectivity index (χ0) is 11.1. The van der Waals surface area contributed by atoms with Crippen LogP contribution >= 0.6 is 0 Å². The van der Waals surface area contributed by atoms with Crippen molar-refractivity contribution in [1.29, 1.82) is 0 Å². The molecule has 0 aliphatic carbocycles. The van der Waals surface area contributed by atoms with Crippen LogP contribution in [0.3, 0.4) is 0 Å². The van der Waals surface area contributed by atoms with Gasteiger partial charge in [-0.05, 0) is 33.1 Å². The Morgan fingerprint density at radius 1 is 1.47 bits per heavy atom. The van der Waals surface area contributed by atoms with Crippen LogP contribution in [-0.2, 0) is 9.47 Å². The topological polar surface area (TPSA) is 30.5 Å². The molecule has 1 N–H and O–H groups in total. The van der Waals surface area contributed by atoms with E-state index in [0.29, 0.717) is 18.2 Å². The Balaban J connectivity index is 2.05. The van der Waals surface area contributed by atoms with Crippen molar-refractivity contribution in [2.75, 3.05) is 19.8 Å². The zero-order valence-electron chi connectivity index (χ0n) is 10.3. The fourth-order valence-electron chi connectivity index (χ4n) is 1.91. The summed E-state index contributed by atoms with van der Waals surface area (Å²) < 4.78 is 11.1. The molecule has 0 aromatic carbocycles. The summed E-state index contributed by atoms with van der Waals surface area (Å²) >= 11 is 0. The molecule has 3 heteroatoms. The molecule has 2 unspecified atom stereocenters. The number of nitrogens with one attached hydrogen (secondary N) is 1. The summed E-state index contributed by atoms with van der Waals surface area (Å²) in [5.41, 5.74) is 0. The monoisotopic (exact) mass is 215 g/mol. The van der Waals surface area contributed by atoms with E-state index >= 15 is 0 Å². The lowest BCUT2D eigenvalue weighted by Gasteiger charge is -2.29. The summed E-state index contributed by atoms with van der Waals surface area (Å²) in [5.74, 6) is 0. The number of ether oxygens (including phenoxy) is 2. The summed E-state index contributed by atoms with van der Waals surface area (Å²) in [6, 6.07) is 0.625. The van der Waals surface area contributed by atoms with Crippen LogP contribution in [0.15, 0.2) is 0 Å². The maximum atomic E-state index is 5.63. The number of hydrogen-bond donors (Lipinski definition) is 1.